The number of imidazole rings is 1. The molecule has 0 aliphatic rings. The van der Waals surface area contributed by atoms with Crippen LogP contribution < -0.4 is 14.0 Å². The van der Waals surface area contributed by atoms with Crippen LogP contribution in [0.2, 0.25) is 0 Å². The van der Waals surface area contributed by atoms with Crippen molar-refractivity contribution in [2.45, 2.75) is 0 Å². The quantitative estimate of drug-likeness (QED) is 0.395. The number of rotatable bonds is 4. The van der Waals surface area contributed by atoms with E-state index in [0.29, 0.717) is 0 Å². The summed E-state index contributed by atoms with van der Waals surface area (Å²) >= 11 is 0. The van der Waals surface area contributed by atoms with Gasteiger partial charge in [-0.25, -0.2) is 9.13 Å². The number of nitrogens with zero attached hydrogens (tertiary/aromatic N) is 2. The van der Waals surface area contributed by atoms with Crippen molar-refractivity contribution < 1.29 is 31.3 Å². The Kier molecular flexibility index (Phi) is 6.27. The maximum Gasteiger partial charge on any atom is 0.673 e. The van der Waals surface area contributed by atoms with E-state index in [1.807, 2.05) is 76.4 Å². The lowest BCUT2D eigenvalue weighted by atomic mass is 10.3. The third-order valence-corrected chi connectivity index (χ3v) is 3.34. The van der Waals surface area contributed by atoms with Crippen LogP contribution >= 0.6 is 0 Å². The molecular weight excluding hydrogens is 351 g/mol. The van der Waals surface area contributed by atoms with E-state index in [1.54, 1.807) is 14.2 Å². The molecule has 0 bridgehead atoms. The van der Waals surface area contributed by atoms with Crippen molar-refractivity contribution in [1.82, 2.24) is 4.57 Å². The second kappa shape index (κ2) is 8.42. The third-order valence-electron chi connectivity index (χ3n) is 3.34. The van der Waals surface area contributed by atoms with Gasteiger partial charge in [-0.1, -0.05) is 12.1 Å². The van der Waals surface area contributed by atoms with Gasteiger partial charge in [-0.2, -0.15) is 0 Å². The molecule has 0 saturated heterocycles. The average Bonchev–Trinajstić information content (AvgIpc) is 3.10. The van der Waals surface area contributed by atoms with Gasteiger partial charge in [0.15, 0.2) is 0 Å². The smallest absolute Gasteiger partial charge is 0.497 e. The molecule has 0 amide bonds. The van der Waals surface area contributed by atoms with Crippen LogP contribution in [0.5, 0.6) is 11.5 Å². The highest BCUT2D eigenvalue weighted by Gasteiger charge is 2.20. The standard InChI is InChI=1S/C17H17N2O2.BF4/c1-20-16-7-3-5-14(11-16)18-9-10-19(13-18)15-6-4-8-17(12-15)21-2;2-1(3,4)5/h3-13H,1-2H3;/q+1;-1. The molecule has 0 saturated carbocycles. The monoisotopic (exact) mass is 368 g/mol. The zero-order chi connectivity index (χ0) is 19.2. The normalized spacial score (nSPS) is 10.7. The second-order valence-corrected chi connectivity index (χ2v) is 5.13. The zero-order valence-electron chi connectivity index (χ0n) is 14.2. The van der Waals surface area contributed by atoms with Crippen LogP contribution in [0.1, 0.15) is 0 Å². The molecule has 0 spiro atoms. The van der Waals surface area contributed by atoms with E-state index in [2.05, 4.69) is 0 Å². The van der Waals surface area contributed by atoms with Gasteiger partial charge in [-0.15, -0.1) is 0 Å². The summed E-state index contributed by atoms with van der Waals surface area (Å²) in [7, 11) is -2.66. The summed E-state index contributed by atoms with van der Waals surface area (Å²) in [6.07, 6.45) is 6.03. The number of benzene rings is 2. The Morgan fingerprint density at radius 2 is 1.46 bits per heavy atom. The molecule has 138 valence electrons. The van der Waals surface area contributed by atoms with Crippen LogP contribution in [-0.4, -0.2) is 26.0 Å². The summed E-state index contributed by atoms with van der Waals surface area (Å²) in [6, 6.07) is 15.9. The predicted octanol–water partition coefficient (Wildman–Crippen LogP) is 4.07. The first kappa shape index (κ1) is 19.4. The van der Waals surface area contributed by atoms with Crippen LogP contribution in [0.4, 0.5) is 17.3 Å². The molecule has 0 N–H and O–H groups in total. The van der Waals surface area contributed by atoms with Gasteiger partial charge in [0.05, 0.1) is 14.2 Å². The molecule has 0 fully saturated rings. The number of ether oxygens (including phenoxy) is 2. The van der Waals surface area contributed by atoms with E-state index >= 15 is 0 Å². The summed E-state index contributed by atoms with van der Waals surface area (Å²) in [5.74, 6) is 1.68. The SMILES string of the molecule is COc1cccc(-n2cc[n+](-c3cccc(OC)c3)c2)c1.F[B-](F)(F)F. The van der Waals surface area contributed by atoms with Crippen molar-refractivity contribution in [3.8, 4) is 22.9 Å². The molecule has 2 aromatic carbocycles. The molecular formula is C17H17BF4N2O2. The summed E-state index contributed by atoms with van der Waals surface area (Å²) in [4.78, 5) is 0. The van der Waals surface area contributed by atoms with Crippen molar-refractivity contribution in [2.75, 3.05) is 14.2 Å². The van der Waals surface area contributed by atoms with Crippen molar-refractivity contribution in [2.24, 2.45) is 0 Å². The molecule has 0 unspecified atom stereocenters. The third kappa shape index (κ3) is 5.84. The van der Waals surface area contributed by atoms with Gasteiger partial charge in [0, 0.05) is 12.1 Å². The Labute approximate surface area is 148 Å². The Balaban J connectivity index is 0.000000431. The minimum Gasteiger partial charge on any atom is -0.497 e. The van der Waals surface area contributed by atoms with E-state index in [4.69, 9.17) is 9.47 Å². The summed E-state index contributed by atoms with van der Waals surface area (Å²) in [5.41, 5.74) is 2.10. The largest absolute Gasteiger partial charge is 0.673 e. The maximum absolute atomic E-state index is 9.75. The lowest BCUT2D eigenvalue weighted by Crippen LogP contribution is -2.27. The fraction of sp³-hybridized carbons (Fsp3) is 0.118. The van der Waals surface area contributed by atoms with Crippen LogP contribution in [0.25, 0.3) is 11.4 Å². The van der Waals surface area contributed by atoms with Gasteiger partial charge in [0.1, 0.15) is 35.3 Å². The molecule has 1 heterocycles. The van der Waals surface area contributed by atoms with Crippen molar-refractivity contribution in [1.29, 1.82) is 0 Å². The van der Waals surface area contributed by atoms with Crippen LogP contribution in [0.3, 0.4) is 0 Å². The highest BCUT2D eigenvalue weighted by atomic mass is 19.5. The van der Waals surface area contributed by atoms with E-state index in [0.717, 1.165) is 22.9 Å². The van der Waals surface area contributed by atoms with Crippen molar-refractivity contribution in [3.05, 3.63) is 67.3 Å². The van der Waals surface area contributed by atoms with Gasteiger partial charge in [-0.05, 0) is 24.3 Å². The van der Waals surface area contributed by atoms with Crippen LogP contribution in [-0.2, 0) is 0 Å². The molecule has 26 heavy (non-hydrogen) atoms. The average molecular weight is 368 g/mol. The molecule has 1 aromatic heterocycles. The fourth-order valence-electron chi connectivity index (χ4n) is 2.20. The van der Waals surface area contributed by atoms with Crippen LogP contribution in [0.15, 0.2) is 67.3 Å². The molecule has 3 aromatic rings. The number of halogens is 4. The fourth-order valence-corrected chi connectivity index (χ4v) is 2.20. The van der Waals surface area contributed by atoms with Gasteiger partial charge >= 0.3 is 7.25 Å². The van der Waals surface area contributed by atoms with Gasteiger partial charge in [0.2, 0.25) is 0 Å². The van der Waals surface area contributed by atoms with Gasteiger partial charge in [-0.3, -0.25) is 0 Å². The first-order valence-electron chi connectivity index (χ1n) is 7.55. The van der Waals surface area contributed by atoms with Crippen LogP contribution in [0, 0.1) is 0 Å². The van der Waals surface area contributed by atoms with E-state index < -0.39 is 7.25 Å². The lowest BCUT2D eigenvalue weighted by molar-refractivity contribution is -0.594. The minimum atomic E-state index is -6.00. The molecule has 3 rings (SSSR count). The van der Waals surface area contributed by atoms with E-state index in [-0.39, 0.29) is 0 Å². The Hall–Kier alpha value is -2.97. The molecule has 0 aliphatic heterocycles. The number of methoxy groups -OCH3 is 2. The minimum absolute atomic E-state index is 0.842. The van der Waals surface area contributed by atoms with E-state index in [1.165, 1.54) is 0 Å². The summed E-state index contributed by atoms with van der Waals surface area (Å²) in [5, 5.41) is 0. The Bertz CT molecular complexity index is 785. The molecule has 0 aliphatic carbocycles. The van der Waals surface area contributed by atoms with E-state index in [9.17, 15) is 17.3 Å². The predicted molar refractivity (Wildman–Crippen MR) is 90.6 cm³/mol. The van der Waals surface area contributed by atoms with Gasteiger partial charge in [0.25, 0.3) is 6.33 Å². The van der Waals surface area contributed by atoms with Gasteiger partial charge < -0.3 is 26.7 Å². The summed E-state index contributed by atoms with van der Waals surface area (Å²) < 4.78 is 53.6. The topological polar surface area (TPSA) is 27.3 Å². The highest BCUT2D eigenvalue weighted by molar-refractivity contribution is 6.50. The summed E-state index contributed by atoms with van der Waals surface area (Å²) in [6.45, 7) is 0. The molecule has 0 radical (unpaired) electrons. The number of hydrogen-bond acceptors (Lipinski definition) is 2. The first-order valence-corrected chi connectivity index (χ1v) is 7.55. The zero-order valence-corrected chi connectivity index (χ0v) is 14.2. The maximum atomic E-state index is 9.75. The lowest BCUT2D eigenvalue weighted by Gasteiger charge is -2.01. The first-order chi connectivity index (χ1) is 12.3. The number of hydrogen-bond donors (Lipinski definition) is 0. The second-order valence-electron chi connectivity index (χ2n) is 5.13. The number of aromatic nitrogens is 2. The highest BCUT2D eigenvalue weighted by Crippen LogP contribution is 2.16. The molecule has 4 nitrogen and oxygen atoms in total. The van der Waals surface area contributed by atoms with Crippen molar-refractivity contribution in [3.63, 3.8) is 0 Å². The molecule has 9 heteroatoms. The Morgan fingerprint density at radius 3 is 2.08 bits per heavy atom. The Morgan fingerprint density at radius 1 is 0.885 bits per heavy atom. The van der Waals surface area contributed by atoms with Crippen molar-refractivity contribution >= 4 is 7.25 Å². The molecule has 0 atom stereocenters.